The first kappa shape index (κ1) is 16.6. The van der Waals surface area contributed by atoms with Crippen LogP contribution in [0.3, 0.4) is 0 Å². The Kier molecular flexibility index (Phi) is 5.83. The lowest BCUT2D eigenvalue weighted by atomic mass is 10.1. The van der Waals surface area contributed by atoms with Gasteiger partial charge in [-0.15, -0.1) is 0 Å². The molecule has 1 rings (SSSR count). The number of amides is 1. The SMILES string of the molecule is CC[C@H](C)NC(=O)COC(=O)c1ccc([N+](=O)[O-])c(C)c1. The molecule has 1 amide bonds. The summed E-state index contributed by atoms with van der Waals surface area (Å²) in [5.74, 6) is -1.07. The zero-order chi connectivity index (χ0) is 16.0. The number of carbonyl (C=O) groups is 2. The van der Waals surface area contributed by atoms with Crippen LogP contribution >= 0.6 is 0 Å². The first-order valence-electron chi connectivity index (χ1n) is 6.56. The number of nitro groups is 1. The first-order valence-corrected chi connectivity index (χ1v) is 6.56. The molecule has 21 heavy (non-hydrogen) atoms. The van der Waals surface area contributed by atoms with Gasteiger partial charge in [-0.3, -0.25) is 14.9 Å². The van der Waals surface area contributed by atoms with Crippen LogP contribution in [0, 0.1) is 17.0 Å². The summed E-state index contributed by atoms with van der Waals surface area (Å²) in [6, 6.07) is 3.93. The molecule has 7 nitrogen and oxygen atoms in total. The van der Waals surface area contributed by atoms with Gasteiger partial charge >= 0.3 is 5.97 Å². The van der Waals surface area contributed by atoms with Crippen LogP contribution in [0.15, 0.2) is 18.2 Å². The number of ether oxygens (including phenoxy) is 1. The van der Waals surface area contributed by atoms with Crippen molar-refractivity contribution in [3.05, 3.63) is 39.4 Å². The smallest absolute Gasteiger partial charge is 0.338 e. The average molecular weight is 294 g/mol. The highest BCUT2D eigenvalue weighted by atomic mass is 16.6. The summed E-state index contributed by atoms with van der Waals surface area (Å²) in [5.41, 5.74) is 0.467. The van der Waals surface area contributed by atoms with Crippen molar-refractivity contribution in [3.63, 3.8) is 0 Å². The number of nitrogens with zero attached hydrogens (tertiary/aromatic N) is 1. The molecule has 0 aliphatic heterocycles. The Morgan fingerprint density at radius 1 is 1.43 bits per heavy atom. The molecule has 1 aromatic rings. The van der Waals surface area contributed by atoms with Crippen LogP contribution in [0.1, 0.15) is 36.2 Å². The summed E-state index contributed by atoms with van der Waals surface area (Å²) in [7, 11) is 0. The van der Waals surface area contributed by atoms with Crippen molar-refractivity contribution in [3.8, 4) is 0 Å². The second kappa shape index (κ2) is 7.37. The zero-order valence-corrected chi connectivity index (χ0v) is 12.2. The van der Waals surface area contributed by atoms with Crippen LogP contribution in [0.4, 0.5) is 5.69 Å². The number of carbonyl (C=O) groups excluding carboxylic acids is 2. The lowest BCUT2D eigenvalue weighted by Crippen LogP contribution is -2.35. The van der Waals surface area contributed by atoms with Gasteiger partial charge in [0.05, 0.1) is 10.5 Å². The normalized spacial score (nSPS) is 11.6. The van der Waals surface area contributed by atoms with E-state index in [0.29, 0.717) is 5.56 Å². The predicted octanol–water partition coefficient (Wildman–Crippen LogP) is 1.97. The molecule has 0 bridgehead atoms. The van der Waals surface area contributed by atoms with Crippen molar-refractivity contribution in [1.82, 2.24) is 5.32 Å². The van der Waals surface area contributed by atoms with Crippen LogP contribution in [0.2, 0.25) is 0 Å². The molecule has 0 aliphatic carbocycles. The number of rotatable bonds is 6. The minimum atomic E-state index is -0.688. The summed E-state index contributed by atoms with van der Waals surface area (Å²) < 4.78 is 4.87. The van der Waals surface area contributed by atoms with E-state index in [1.165, 1.54) is 25.1 Å². The number of nitrogens with one attached hydrogen (secondary N) is 1. The van der Waals surface area contributed by atoms with Gasteiger partial charge in [0.15, 0.2) is 6.61 Å². The summed E-state index contributed by atoms with van der Waals surface area (Å²) in [6.07, 6.45) is 0.779. The van der Waals surface area contributed by atoms with Gasteiger partial charge in [0.1, 0.15) is 0 Å². The van der Waals surface area contributed by atoms with Gasteiger partial charge in [-0.05, 0) is 32.4 Å². The molecular weight excluding hydrogens is 276 g/mol. The molecule has 0 saturated carbocycles. The van der Waals surface area contributed by atoms with Crippen LogP contribution in [0.25, 0.3) is 0 Å². The van der Waals surface area contributed by atoms with Gasteiger partial charge in [0.2, 0.25) is 0 Å². The van der Waals surface area contributed by atoms with E-state index >= 15 is 0 Å². The Hall–Kier alpha value is -2.44. The Labute approximate surface area is 122 Å². The molecule has 0 saturated heterocycles. The summed E-state index contributed by atoms with van der Waals surface area (Å²) >= 11 is 0. The average Bonchev–Trinajstić information content (AvgIpc) is 2.43. The molecule has 0 aromatic heterocycles. The monoisotopic (exact) mass is 294 g/mol. The molecule has 1 aromatic carbocycles. The fraction of sp³-hybridized carbons (Fsp3) is 0.429. The minimum Gasteiger partial charge on any atom is -0.452 e. The van der Waals surface area contributed by atoms with Gasteiger partial charge in [-0.25, -0.2) is 4.79 Å². The third kappa shape index (κ3) is 4.87. The minimum absolute atomic E-state index is 0.0119. The molecule has 7 heteroatoms. The van der Waals surface area contributed by atoms with Crippen molar-refractivity contribution < 1.29 is 19.2 Å². The molecular formula is C14H18N2O5. The van der Waals surface area contributed by atoms with Crippen LogP contribution in [-0.2, 0) is 9.53 Å². The maximum absolute atomic E-state index is 11.8. The van der Waals surface area contributed by atoms with Crippen LogP contribution in [0.5, 0.6) is 0 Å². The second-order valence-corrected chi connectivity index (χ2v) is 4.71. The van der Waals surface area contributed by atoms with E-state index in [9.17, 15) is 19.7 Å². The second-order valence-electron chi connectivity index (χ2n) is 4.71. The van der Waals surface area contributed by atoms with Gasteiger partial charge in [0.25, 0.3) is 11.6 Å². The lowest BCUT2D eigenvalue weighted by molar-refractivity contribution is -0.385. The molecule has 0 radical (unpaired) electrons. The predicted molar refractivity (Wildman–Crippen MR) is 76.0 cm³/mol. The number of benzene rings is 1. The molecule has 0 spiro atoms. The standard InChI is InChI=1S/C14H18N2O5/c1-4-10(3)15-13(17)8-21-14(18)11-5-6-12(16(19)20)9(2)7-11/h5-7,10H,4,8H2,1-3H3,(H,15,17)/t10-/m0/s1. The maximum Gasteiger partial charge on any atom is 0.338 e. The zero-order valence-electron chi connectivity index (χ0n) is 12.2. The Morgan fingerprint density at radius 3 is 2.62 bits per heavy atom. The highest BCUT2D eigenvalue weighted by molar-refractivity contribution is 5.91. The third-order valence-electron chi connectivity index (χ3n) is 2.98. The quantitative estimate of drug-likeness (QED) is 0.491. The topological polar surface area (TPSA) is 98.5 Å². The van der Waals surface area contributed by atoms with Crippen molar-refractivity contribution >= 4 is 17.6 Å². The number of hydrogen-bond acceptors (Lipinski definition) is 5. The first-order chi connectivity index (χ1) is 9.85. The largest absolute Gasteiger partial charge is 0.452 e. The van der Waals surface area contributed by atoms with E-state index in [1.54, 1.807) is 0 Å². The molecule has 0 aliphatic rings. The maximum atomic E-state index is 11.8. The summed E-state index contributed by atoms with van der Waals surface area (Å²) in [6.45, 7) is 4.93. The summed E-state index contributed by atoms with van der Waals surface area (Å²) in [5, 5.41) is 13.4. The number of hydrogen-bond donors (Lipinski definition) is 1. The van der Waals surface area contributed by atoms with Crippen molar-refractivity contribution in [2.24, 2.45) is 0 Å². The van der Waals surface area contributed by atoms with E-state index in [1.807, 2.05) is 13.8 Å². The van der Waals surface area contributed by atoms with E-state index in [4.69, 9.17) is 4.74 Å². The number of nitro benzene ring substituents is 1. The number of esters is 1. The fourth-order valence-electron chi connectivity index (χ4n) is 1.62. The van der Waals surface area contributed by atoms with E-state index in [-0.39, 0.29) is 29.8 Å². The van der Waals surface area contributed by atoms with E-state index in [0.717, 1.165) is 6.42 Å². The van der Waals surface area contributed by atoms with Gasteiger partial charge in [0, 0.05) is 17.7 Å². The van der Waals surface area contributed by atoms with Crippen molar-refractivity contribution in [2.45, 2.75) is 33.2 Å². The highest BCUT2D eigenvalue weighted by Gasteiger charge is 2.16. The highest BCUT2D eigenvalue weighted by Crippen LogP contribution is 2.19. The lowest BCUT2D eigenvalue weighted by Gasteiger charge is -2.11. The number of aryl methyl sites for hydroxylation is 1. The Morgan fingerprint density at radius 2 is 2.10 bits per heavy atom. The van der Waals surface area contributed by atoms with E-state index < -0.39 is 10.9 Å². The van der Waals surface area contributed by atoms with Crippen molar-refractivity contribution in [1.29, 1.82) is 0 Å². The van der Waals surface area contributed by atoms with Gasteiger partial charge < -0.3 is 10.1 Å². The molecule has 0 fully saturated rings. The van der Waals surface area contributed by atoms with Gasteiger partial charge in [-0.1, -0.05) is 6.92 Å². The van der Waals surface area contributed by atoms with Gasteiger partial charge in [-0.2, -0.15) is 0 Å². The molecule has 0 heterocycles. The Balaban J connectivity index is 2.62. The van der Waals surface area contributed by atoms with Crippen LogP contribution < -0.4 is 5.32 Å². The molecule has 114 valence electrons. The van der Waals surface area contributed by atoms with Crippen molar-refractivity contribution in [2.75, 3.05) is 6.61 Å². The molecule has 1 N–H and O–H groups in total. The molecule has 1 atom stereocenters. The van der Waals surface area contributed by atoms with E-state index in [2.05, 4.69) is 5.32 Å². The summed E-state index contributed by atoms with van der Waals surface area (Å²) in [4.78, 5) is 33.4. The van der Waals surface area contributed by atoms with Crippen LogP contribution in [-0.4, -0.2) is 29.4 Å². The third-order valence-corrected chi connectivity index (χ3v) is 2.98. The molecule has 0 unspecified atom stereocenters. The fourth-order valence-corrected chi connectivity index (χ4v) is 1.62. The Bertz CT molecular complexity index is 556.